The number of rotatable bonds is 3. The number of aromatic nitrogens is 1. The first kappa shape index (κ1) is 17.0. The molecule has 1 aromatic carbocycles. The van der Waals surface area contributed by atoms with Crippen LogP contribution < -0.4 is 10.2 Å². The monoisotopic (exact) mass is 367 g/mol. The Balaban J connectivity index is 1.59. The molecular formula is C17H16Cl2FN3O. The van der Waals surface area contributed by atoms with E-state index in [4.69, 9.17) is 23.2 Å². The number of amides is 1. The molecule has 1 aliphatic rings. The fraction of sp³-hybridized carbons (Fsp3) is 0.294. The van der Waals surface area contributed by atoms with Gasteiger partial charge in [0.05, 0.1) is 10.0 Å². The van der Waals surface area contributed by atoms with Gasteiger partial charge in [0.15, 0.2) is 0 Å². The van der Waals surface area contributed by atoms with E-state index in [9.17, 15) is 9.18 Å². The third kappa shape index (κ3) is 3.79. The van der Waals surface area contributed by atoms with Crippen molar-refractivity contribution in [3.05, 3.63) is 52.4 Å². The van der Waals surface area contributed by atoms with E-state index >= 15 is 0 Å². The average molecular weight is 368 g/mol. The van der Waals surface area contributed by atoms with Crippen LogP contribution in [0.4, 0.5) is 15.9 Å². The summed E-state index contributed by atoms with van der Waals surface area (Å²) in [6.07, 6.45) is 3.11. The van der Waals surface area contributed by atoms with E-state index in [-0.39, 0.29) is 16.8 Å². The van der Waals surface area contributed by atoms with E-state index in [2.05, 4.69) is 15.2 Å². The first-order chi connectivity index (χ1) is 11.5. The molecule has 0 aliphatic carbocycles. The number of piperidine rings is 1. The highest BCUT2D eigenvalue weighted by molar-refractivity contribution is 6.33. The van der Waals surface area contributed by atoms with E-state index in [1.54, 1.807) is 18.3 Å². The Morgan fingerprint density at radius 3 is 2.62 bits per heavy atom. The van der Waals surface area contributed by atoms with Gasteiger partial charge in [-0.3, -0.25) is 4.79 Å². The first-order valence-electron chi connectivity index (χ1n) is 7.66. The average Bonchev–Trinajstić information content (AvgIpc) is 2.59. The molecule has 1 aromatic heterocycles. The van der Waals surface area contributed by atoms with Crippen LogP contribution in [0.5, 0.6) is 0 Å². The molecule has 1 N–H and O–H groups in total. The molecule has 0 unspecified atom stereocenters. The van der Waals surface area contributed by atoms with Gasteiger partial charge in [-0.2, -0.15) is 0 Å². The molecule has 3 rings (SSSR count). The van der Waals surface area contributed by atoms with Crippen molar-refractivity contribution in [1.29, 1.82) is 0 Å². The second kappa shape index (κ2) is 7.36. The van der Waals surface area contributed by atoms with E-state index in [1.807, 2.05) is 0 Å². The summed E-state index contributed by atoms with van der Waals surface area (Å²) in [5, 5.41) is 3.40. The smallest absolute Gasteiger partial charge is 0.227 e. The minimum absolute atomic E-state index is 0.00702. The summed E-state index contributed by atoms with van der Waals surface area (Å²) in [5.41, 5.74) is 0.501. The molecule has 126 valence electrons. The van der Waals surface area contributed by atoms with Gasteiger partial charge in [-0.25, -0.2) is 9.37 Å². The summed E-state index contributed by atoms with van der Waals surface area (Å²) in [6, 6.07) is 7.75. The number of hydrogen-bond acceptors (Lipinski definition) is 3. The molecule has 2 heterocycles. The zero-order valence-corrected chi connectivity index (χ0v) is 14.3. The highest BCUT2D eigenvalue weighted by atomic mass is 35.5. The quantitative estimate of drug-likeness (QED) is 0.875. The molecule has 7 heteroatoms. The van der Waals surface area contributed by atoms with Gasteiger partial charge in [-0.15, -0.1) is 0 Å². The number of pyridine rings is 1. The van der Waals surface area contributed by atoms with E-state index in [0.29, 0.717) is 36.6 Å². The van der Waals surface area contributed by atoms with Gasteiger partial charge in [0.1, 0.15) is 11.6 Å². The van der Waals surface area contributed by atoms with Gasteiger partial charge >= 0.3 is 0 Å². The molecule has 2 aromatic rings. The summed E-state index contributed by atoms with van der Waals surface area (Å²) in [5.74, 6) is 0.0653. The maximum atomic E-state index is 13.2. The van der Waals surface area contributed by atoms with Crippen LogP contribution in [-0.4, -0.2) is 24.0 Å². The van der Waals surface area contributed by atoms with Crippen LogP contribution in [-0.2, 0) is 4.79 Å². The lowest BCUT2D eigenvalue weighted by Crippen LogP contribution is -2.38. The predicted octanol–water partition coefficient (Wildman–Crippen LogP) is 4.38. The number of nitrogens with one attached hydrogen (secondary N) is 1. The Kier molecular flexibility index (Phi) is 5.21. The molecule has 0 radical (unpaired) electrons. The molecule has 24 heavy (non-hydrogen) atoms. The van der Waals surface area contributed by atoms with Gasteiger partial charge < -0.3 is 10.2 Å². The van der Waals surface area contributed by atoms with Crippen LogP contribution in [0.25, 0.3) is 0 Å². The molecule has 1 amide bonds. The molecule has 1 saturated heterocycles. The van der Waals surface area contributed by atoms with Crippen molar-refractivity contribution in [3.63, 3.8) is 0 Å². The summed E-state index contributed by atoms with van der Waals surface area (Å²) in [7, 11) is 0. The lowest BCUT2D eigenvalue weighted by Gasteiger charge is -2.32. The van der Waals surface area contributed by atoms with E-state index < -0.39 is 5.82 Å². The zero-order valence-electron chi connectivity index (χ0n) is 12.8. The Labute approximate surface area is 149 Å². The molecule has 0 saturated carbocycles. The zero-order chi connectivity index (χ0) is 17.1. The minimum Gasteiger partial charge on any atom is -0.355 e. The number of halogens is 3. The summed E-state index contributed by atoms with van der Waals surface area (Å²) < 4.78 is 13.2. The summed E-state index contributed by atoms with van der Waals surface area (Å²) >= 11 is 11.9. The number of nitrogens with zero attached hydrogens (tertiary/aromatic N) is 2. The lowest BCUT2D eigenvalue weighted by molar-refractivity contribution is -0.120. The largest absolute Gasteiger partial charge is 0.355 e. The number of hydrogen-bond donors (Lipinski definition) is 1. The number of anilines is 2. The van der Waals surface area contributed by atoms with Gasteiger partial charge in [-0.1, -0.05) is 23.2 Å². The van der Waals surface area contributed by atoms with Crippen LogP contribution in [0.2, 0.25) is 10.0 Å². The molecule has 1 fully saturated rings. The maximum absolute atomic E-state index is 13.2. The van der Waals surface area contributed by atoms with Crippen molar-refractivity contribution >= 4 is 40.6 Å². The molecule has 0 atom stereocenters. The predicted molar refractivity (Wildman–Crippen MR) is 94.2 cm³/mol. The Morgan fingerprint density at radius 1 is 1.21 bits per heavy atom. The highest BCUT2D eigenvalue weighted by Crippen LogP contribution is 2.28. The van der Waals surface area contributed by atoms with Gasteiger partial charge in [0.2, 0.25) is 5.91 Å². The normalized spacial score (nSPS) is 15.4. The van der Waals surface area contributed by atoms with Crippen molar-refractivity contribution in [2.45, 2.75) is 12.8 Å². The topological polar surface area (TPSA) is 45.2 Å². The van der Waals surface area contributed by atoms with Crippen LogP contribution in [0, 0.1) is 11.7 Å². The van der Waals surface area contributed by atoms with Crippen LogP contribution in [0.1, 0.15) is 12.8 Å². The van der Waals surface area contributed by atoms with E-state index in [1.165, 1.54) is 18.2 Å². The van der Waals surface area contributed by atoms with Gasteiger partial charge in [0.25, 0.3) is 0 Å². The molecule has 0 bridgehead atoms. The second-order valence-corrected chi connectivity index (χ2v) is 6.50. The second-order valence-electron chi connectivity index (χ2n) is 5.69. The summed E-state index contributed by atoms with van der Waals surface area (Å²) in [4.78, 5) is 18.8. The SMILES string of the molecule is O=C(Nc1ccc(F)c(Cl)c1)C1CCN(c2ncccc2Cl)CC1. The molecule has 0 spiro atoms. The third-order valence-corrected chi connectivity index (χ3v) is 4.68. The van der Waals surface area contributed by atoms with Crippen molar-refractivity contribution in [3.8, 4) is 0 Å². The molecule has 4 nitrogen and oxygen atoms in total. The number of benzene rings is 1. The van der Waals surface area contributed by atoms with Crippen LogP contribution in [0.15, 0.2) is 36.5 Å². The van der Waals surface area contributed by atoms with Crippen molar-refractivity contribution < 1.29 is 9.18 Å². The third-order valence-electron chi connectivity index (χ3n) is 4.09. The maximum Gasteiger partial charge on any atom is 0.227 e. The minimum atomic E-state index is -0.504. The lowest BCUT2D eigenvalue weighted by atomic mass is 9.95. The van der Waals surface area contributed by atoms with E-state index in [0.717, 1.165) is 5.82 Å². The van der Waals surface area contributed by atoms with Crippen LogP contribution >= 0.6 is 23.2 Å². The first-order valence-corrected chi connectivity index (χ1v) is 8.41. The summed E-state index contributed by atoms with van der Waals surface area (Å²) in [6.45, 7) is 1.41. The fourth-order valence-electron chi connectivity index (χ4n) is 2.78. The van der Waals surface area contributed by atoms with Crippen molar-refractivity contribution in [2.24, 2.45) is 5.92 Å². The number of carbonyl (C=O) groups is 1. The van der Waals surface area contributed by atoms with Gasteiger partial charge in [0, 0.05) is 30.9 Å². The number of carbonyl (C=O) groups excluding carboxylic acids is 1. The van der Waals surface area contributed by atoms with Crippen LogP contribution in [0.3, 0.4) is 0 Å². The molecule has 1 aliphatic heterocycles. The van der Waals surface area contributed by atoms with Crippen molar-refractivity contribution in [1.82, 2.24) is 4.98 Å². The van der Waals surface area contributed by atoms with Gasteiger partial charge in [-0.05, 0) is 43.2 Å². The highest BCUT2D eigenvalue weighted by Gasteiger charge is 2.26. The molecular weight excluding hydrogens is 352 g/mol. The standard InChI is InChI=1S/C17H16Cl2FN3O/c18-13-2-1-7-21-16(13)23-8-5-11(6-9-23)17(24)22-12-3-4-15(20)14(19)10-12/h1-4,7,10-11H,5-6,8-9H2,(H,22,24). The Bertz CT molecular complexity index is 748. The Morgan fingerprint density at radius 2 is 1.96 bits per heavy atom. The Hall–Kier alpha value is -1.85. The fourth-order valence-corrected chi connectivity index (χ4v) is 3.20. The van der Waals surface area contributed by atoms with Crippen molar-refractivity contribution in [2.75, 3.05) is 23.3 Å².